The molecule has 0 spiro atoms. The first kappa shape index (κ1) is 11.8. The Balaban J connectivity index is 2.50. The maximum Gasteiger partial charge on any atom is 0.139 e. The van der Waals surface area contributed by atoms with E-state index in [1.54, 1.807) is 0 Å². The highest BCUT2D eigenvalue weighted by atomic mass is 79.9. The molecule has 0 bridgehead atoms. The largest absolute Gasteiger partial charge is 0.383 e. The second kappa shape index (κ2) is 4.67. The zero-order chi connectivity index (χ0) is 11.7. The molecule has 0 saturated heterocycles. The fourth-order valence-electron chi connectivity index (χ4n) is 1.61. The fraction of sp³-hybridized carbons (Fsp3) is 0.364. The van der Waals surface area contributed by atoms with Crippen LogP contribution in [0.25, 0.3) is 5.65 Å². The Labute approximate surface area is 108 Å². The van der Waals surface area contributed by atoms with Gasteiger partial charge >= 0.3 is 0 Å². The lowest BCUT2D eigenvalue weighted by Gasteiger charge is -2.01. The lowest BCUT2D eigenvalue weighted by molar-refractivity contribution is 1.09. The van der Waals surface area contributed by atoms with Crippen LogP contribution >= 0.6 is 27.7 Å². The number of aryl methyl sites for hydroxylation is 2. The fourth-order valence-corrected chi connectivity index (χ4v) is 2.33. The van der Waals surface area contributed by atoms with Gasteiger partial charge < -0.3 is 5.73 Å². The predicted octanol–water partition coefficient (Wildman–Crippen LogP) is 2.89. The first-order chi connectivity index (χ1) is 7.63. The first-order valence-electron chi connectivity index (χ1n) is 5.05. The van der Waals surface area contributed by atoms with Gasteiger partial charge in [-0.2, -0.15) is 11.8 Å². The summed E-state index contributed by atoms with van der Waals surface area (Å²) in [4.78, 5) is 4.56. The van der Waals surface area contributed by atoms with E-state index in [9.17, 15) is 0 Å². The van der Waals surface area contributed by atoms with Crippen LogP contribution < -0.4 is 5.73 Å². The summed E-state index contributed by atoms with van der Waals surface area (Å²) >= 11 is 5.31. The molecule has 2 heterocycles. The molecule has 0 radical (unpaired) electrons. The van der Waals surface area contributed by atoms with Gasteiger partial charge in [0.05, 0.1) is 5.69 Å². The second-order valence-corrected chi connectivity index (χ2v) is 5.56. The summed E-state index contributed by atoms with van der Waals surface area (Å²) < 4.78 is 2.99. The molecule has 2 aromatic heterocycles. The number of fused-ring (bicyclic) bond motifs is 1. The van der Waals surface area contributed by atoms with Crippen molar-refractivity contribution in [2.24, 2.45) is 0 Å². The second-order valence-electron chi connectivity index (χ2n) is 3.72. The van der Waals surface area contributed by atoms with Gasteiger partial charge in [-0.1, -0.05) is 0 Å². The van der Waals surface area contributed by atoms with Crippen LogP contribution in [0.3, 0.4) is 0 Å². The molecule has 0 aliphatic heterocycles. The number of rotatable bonds is 3. The molecule has 0 aromatic carbocycles. The molecule has 86 valence electrons. The molecule has 0 aliphatic rings. The quantitative estimate of drug-likeness (QED) is 0.948. The minimum atomic E-state index is 0.754. The zero-order valence-corrected chi connectivity index (χ0v) is 11.7. The molecule has 2 N–H and O–H groups in total. The Morgan fingerprint density at radius 2 is 2.31 bits per heavy atom. The number of nitrogens with two attached hydrogens (primary N) is 1. The Morgan fingerprint density at radius 1 is 1.56 bits per heavy atom. The number of halogens is 1. The molecule has 0 aliphatic carbocycles. The van der Waals surface area contributed by atoms with E-state index in [4.69, 9.17) is 5.73 Å². The van der Waals surface area contributed by atoms with Crippen molar-refractivity contribution in [2.75, 3.05) is 17.7 Å². The van der Waals surface area contributed by atoms with Crippen molar-refractivity contribution in [3.8, 4) is 0 Å². The Morgan fingerprint density at radius 3 is 3.00 bits per heavy atom. The molecule has 2 rings (SSSR count). The number of aromatic nitrogens is 2. The van der Waals surface area contributed by atoms with E-state index in [2.05, 4.69) is 34.1 Å². The van der Waals surface area contributed by atoms with Crippen LogP contribution in [0.15, 0.2) is 16.7 Å². The molecular formula is C11H14BrN3S. The van der Waals surface area contributed by atoms with Crippen molar-refractivity contribution in [3.05, 3.63) is 28.0 Å². The summed E-state index contributed by atoms with van der Waals surface area (Å²) in [5.74, 6) is 1.80. The average molecular weight is 300 g/mol. The van der Waals surface area contributed by atoms with Crippen LogP contribution in [0, 0.1) is 6.92 Å². The summed E-state index contributed by atoms with van der Waals surface area (Å²) in [5.41, 5.74) is 9.16. The van der Waals surface area contributed by atoms with Crippen molar-refractivity contribution in [2.45, 2.75) is 13.3 Å². The molecule has 5 heteroatoms. The van der Waals surface area contributed by atoms with E-state index in [0.717, 1.165) is 33.8 Å². The van der Waals surface area contributed by atoms with E-state index >= 15 is 0 Å². The summed E-state index contributed by atoms with van der Waals surface area (Å²) in [6.07, 6.45) is 4.99. The monoisotopic (exact) mass is 299 g/mol. The smallest absolute Gasteiger partial charge is 0.139 e. The molecule has 16 heavy (non-hydrogen) atoms. The molecule has 0 atom stereocenters. The molecule has 2 aromatic rings. The van der Waals surface area contributed by atoms with E-state index in [0.29, 0.717) is 0 Å². The number of nitrogen functional groups attached to an aromatic ring is 1. The number of thioether (sulfide) groups is 1. The number of nitrogens with zero attached hydrogens (tertiary/aromatic N) is 2. The third-order valence-electron chi connectivity index (χ3n) is 2.56. The summed E-state index contributed by atoms with van der Waals surface area (Å²) in [5, 5.41) is 0. The number of hydrogen-bond acceptors (Lipinski definition) is 3. The number of imidazole rings is 1. The number of anilines is 1. The van der Waals surface area contributed by atoms with Gasteiger partial charge in [0.15, 0.2) is 0 Å². The van der Waals surface area contributed by atoms with Gasteiger partial charge in [-0.15, -0.1) is 0 Å². The summed E-state index contributed by atoms with van der Waals surface area (Å²) in [7, 11) is 0. The molecule has 0 unspecified atom stereocenters. The van der Waals surface area contributed by atoms with Gasteiger partial charge in [0.25, 0.3) is 0 Å². The number of pyridine rings is 1. The Hall–Kier alpha value is -0.680. The normalized spacial score (nSPS) is 11.2. The topological polar surface area (TPSA) is 43.3 Å². The number of hydrogen-bond donors (Lipinski definition) is 1. The highest BCUT2D eigenvalue weighted by molar-refractivity contribution is 9.10. The lowest BCUT2D eigenvalue weighted by atomic mass is 10.3. The minimum Gasteiger partial charge on any atom is -0.383 e. The minimum absolute atomic E-state index is 0.754. The standard InChI is InChI=1S/C11H14BrN3S/c1-7-5-10-14-9(3-4-16-2)11(13)15(10)6-8(7)12/h5-6H,3-4,13H2,1-2H3. The first-order valence-corrected chi connectivity index (χ1v) is 7.23. The maximum absolute atomic E-state index is 6.07. The SMILES string of the molecule is CSCCc1nc2cc(C)c(Br)cn2c1N. The summed E-state index contributed by atoms with van der Waals surface area (Å²) in [6.45, 7) is 2.05. The van der Waals surface area contributed by atoms with Crippen molar-refractivity contribution in [3.63, 3.8) is 0 Å². The maximum atomic E-state index is 6.07. The highest BCUT2D eigenvalue weighted by Gasteiger charge is 2.09. The molecule has 0 amide bonds. The van der Waals surface area contributed by atoms with Gasteiger partial charge in [0, 0.05) is 17.1 Å². The van der Waals surface area contributed by atoms with Crippen LogP contribution in [-0.4, -0.2) is 21.4 Å². The highest BCUT2D eigenvalue weighted by Crippen LogP contribution is 2.22. The van der Waals surface area contributed by atoms with Crippen molar-refractivity contribution < 1.29 is 0 Å². The van der Waals surface area contributed by atoms with Gasteiger partial charge in [-0.3, -0.25) is 4.40 Å². The van der Waals surface area contributed by atoms with E-state index in [-0.39, 0.29) is 0 Å². The van der Waals surface area contributed by atoms with E-state index < -0.39 is 0 Å². The van der Waals surface area contributed by atoms with Crippen LogP contribution in [0.1, 0.15) is 11.3 Å². The van der Waals surface area contributed by atoms with Crippen LogP contribution in [0.2, 0.25) is 0 Å². The van der Waals surface area contributed by atoms with Crippen LogP contribution in [-0.2, 0) is 6.42 Å². The average Bonchev–Trinajstić information content (AvgIpc) is 2.54. The van der Waals surface area contributed by atoms with Gasteiger partial charge in [0.1, 0.15) is 11.5 Å². The van der Waals surface area contributed by atoms with Crippen LogP contribution in [0.5, 0.6) is 0 Å². The van der Waals surface area contributed by atoms with Crippen molar-refractivity contribution in [1.29, 1.82) is 0 Å². The third-order valence-corrected chi connectivity index (χ3v) is 4.00. The Kier molecular flexibility index (Phi) is 3.44. The van der Waals surface area contributed by atoms with Crippen molar-refractivity contribution in [1.82, 2.24) is 9.38 Å². The lowest BCUT2D eigenvalue weighted by Crippen LogP contribution is -1.98. The van der Waals surface area contributed by atoms with E-state index in [1.807, 2.05) is 28.4 Å². The van der Waals surface area contributed by atoms with Crippen molar-refractivity contribution >= 4 is 39.2 Å². The third kappa shape index (κ3) is 2.06. The summed E-state index contributed by atoms with van der Waals surface area (Å²) in [6, 6.07) is 2.04. The van der Waals surface area contributed by atoms with Gasteiger partial charge in [-0.25, -0.2) is 4.98 Å². The predicted molar refractivity (Wildman–Crippen MR) is 74.1 cm³/mol. The van der Waals surface area contributed by atoms with Gasteiger partial charge in [0.2, 0.25) is 0 Å². The molecular weight excluding hydrogens is 286 g/mol. The molecule has 0 fully saturated rings. The van der Waals surface area contributed by atoms with Gasteiger partial charge in [-0.05, 0) is 46.5 Å². The molecule has 0 saturated carbocycles. The Bertz CT molecular complexity index is 521. The van der Waals surface area contributed by atoms with Crippen LogP contribution in [0.4, 0.5) is 5.82 Å². The zero-order valence-electron chi connectivity index (χ0n) is 9.33. The van der Waals surface area contributed by atoms with E-state index in [1.165, 1.54) is 5.56 Å². The molecule has 3 nitrogen and oxygen atoms in total.